The highest BCUT2D eigenvalue weighted by molar-refractivity contribution is 6.31. The lowest BCUT2D eigenvalue weighted by Crippen LogP contribution is -3.14. The van der Waals surface area contributed by atoms with Gasteiger partial charge in [0, 0.05) is 5.02 Å². The standard InChI is InChI=1S/C21H19ClN2O5/c22-13-3-4-15-14(12-13)19(25)17-18(16-2-1-9-28-16)24(21(26)20(17)29-15)6-5-23-7-10-27-11-8-23/h1-4,9,12,18H,5-8,10-11H2/p+1/t18-/m1/s1. The Kier molecular flexibility index (Phi) is 4.66. The van der Waals surface area contributed by atoms with Crippen molar-refractivity contribution in [3.05, 3.63) is 68.9 Å². The Morgan fingerprint density at radius 1 is 1.17 bits per heavy atom. The van der Waals surface area contributed by atoms with Crippen molar-refractivity contribution in [3.63, 3.8) is 0 Å². The summed E-state index contributed by atoms with van der Waals surface area (Å²) in [5.41, 5.74) is 0.418. The Hall–Kier alpha value is -2.61. The summed E-state index contributed by atoms with van der Waals surface area (Å²) in [6.45, 7) is 4.49. The van der Waals surface area contributed by atoms with Gasteiger partial charge in [-0.1, -0.05) is 11.6 Å². The Morgan fingerprint density at radius 2 is 2.00 bits per heavy atom. The highest BCUT2D eigenvalue weighted by atomic mass is 35.5. The van der Waals surface area contributed by atoms with Crippen LogP contribution < -0.4 is 10.3 Å². The van der Waals surface area contributed by atoms with E-state index < -0.39 is 6.04 Å². The predicted octanol–water partition coefficient (Wildman–Crippen LogP) is 1.50. The minimum Gasteiger partial charge on any atom is -0.467 e. The molecule has 5 rings (SSSR count). The molecule has 8 heteroatoms. The number of rotatable bonds is 4. The molecule has 4 heterocycles. The summed E-state index contributed by atoms with van der Waals surface area (Å²) >= 11 is 6.08. The van der Waals surface area contributed by atoms with Crippen molar-refractivity contribution in [2.75, 3.05) is 39.4 Å². The van der Waals surface area contributed by atoms with E-state index in [4.69, 9.17) is 25.2 Å². The van der Waals surface area contributed by atoms with E-state index in [1.54, 1.807) is 41.5 Å². The van der Waals surface area contributed by atoms with Gasteiger partial charge >= 0.3 is 0 Å². The third kappa shape index (κ3) is 3.15. The molecule has 2 aliphatic rings. The van der Waals surface area contributed by atoms with E-state index >= 15 is 0 Å². The molecule has 0 bridgehead atoms. The maximum atomic E-state index is 13.3. The molecule has 1 N–H and O–H groups in total. The minimum absolute atomic E-state index is 0.0863. The molecule has 2 aromatic heterocycles. The zero-order chi connectivity index (χ0) is 20.0. The number of nitrogens with one attached hydrogen (secondary N) is 1. The van der Waals surface area contributed by atoms with Crippen LogP contribution in [0.2, 0.25) is 5.02 Å². The van der Waals surface area contributed by atoms with Gasteiger partial charge in [-0.2, -0.15) is 0 Å². The van der Waals surface area contributed by atoms with Crippen molar-refractivity contribution >= 4 is 28.5 Å². The molecule has 1 fully saturated rings. The van der Waals surface area contributed by atoms with Crippen molar-refractivity contribution in [1.29, 1.82) is 0 Å². The van der Waals surface area contributed by atoms with E-state index in [0.29, 0.717) is 33.9 Å². The molecule has 0 spiro atoms. The third-order valence-corrected chi connectivity index (χ3v) is 5.88. The summed E-state index contributed by atoms with van der Waals surface area (Å²) in [5, 5.41) is 0.803. The SMILES string of the molecule is O=C1c2oc3ccc(Cl)cc3c(=O)c2[C@@H](c2ccco2)N1CC[NH+]1CCOCC1. The molecular weight excluding hydrogens is 396 g/mol. The molecule has 0 saturated carbocycles. The van der Waals surface area contributed by atoms with Crippen LogP contribution in [-0.4, -0.2) is 50.2 Å². The van der Waals surface area contributed by atoms with Crippen molar-refractivity contribution < 1.29 is 23.3 Å². The van der Waals surface area contributed by atoms with Gasteiger partial charge in [-0.25, -0.2) is 0 Å². The highest BCUT2D eigenvalue weighted by Gasteiger charge is 2.44. The summed E-state index contributed by atoms with van der Waals surface area (Å²) in [6, 6.07) is 7.77. The predicted molar refractivity (Wildman–Crippen MR) is 105 cm³/mol. The van der Waals surface area contributed by atoms with Crippen LogP contribution >= 0.6 is 11.6 Å². The minimum atomic E-state index is -0.604. The van der Waals surface area contributed by atoms with E-state index in [0.717, 1.165) is 32.8 Å². The van der Waals surface area contributed by atoms with Gasteiger partial charge in [0.25, 0.3) is 5.91 Å². The van der Waals surface area contributed by atoms with Crippen molar-refractivity contribution in [1.82, 2.24) is 4.90 Å². The number of halogens is 1. The normalized spacial score (nSPS) is 19.8. The quantitative estimate of drug-likeness (QED) is 0.698. The number of furan rings is 1. The Bertz CT molecular complexity index is 1120. The zero-order valence-electron chi connectivity index (χ0n) is 15.7. The molecule has 1 atom stereocenters. The Morgan fingerprint density at radius 3 is 2.76 bits per heavy atom. The fraction of sp³-hybridized carbons (Fsp3) is 0.333. The summed E-state index contributed by atoms with van der Waals surface area (Å²) in [4.78, 5) is 29.6. The fourth-order valence-corrected chi connectivity index (χ4v) is 4.33. The van der Waals surface area contributed by atoms with Gasteiger partial charge in [0.15, 0.2) is 5.43 Å². The van der Waals surface area contributed by atoms with Gasteiger partial charge in [-0.15, -0.1) is 0 Å². The van der Waals surface area contributed by atoms with Crippen molar-refractivity contribution in [2.24, 2.45) is 0 Å². The van der Waals surface area contributed by atoms with Gasteiger partial charge in [-0.3, -0.25) is 9.59 Å². The lowest BCUT2D eigenvalue weighted by Gasteiger charge is -2.28. The second-order valence-electron chi connectivity index (χ2n) is 7.34. The van der Waals surface area contributed by atoms with E-state index in [1.807, 2.05) is 0 Å². The van der Waals surface area contributed by atoms with Crippen LogP contribution in [0.25, 0.3) is 11.0 Å². The van der Waals surface area contributed by atoms with Crippen LogP contribution in [0, 0.1) is 0 Å². The number of quaternary nitrogens is 1. The molecule has 3 aromatic rings. The number of benzene rings is 1. The van der Waals surface area contributed by atoms with Gasteiger partial charge in [0.05, 0.1) is 43.5 Å². The second kappa shape index (κ2) is 7.33. The number of morpholine rings is 1. The number of amides is 1. The highest BCUT2D eigenvalue weighted by Crippen LogP contribution is 2.38. The number of nitrogens with zero attached hydrogens (tertiary/aromatic N) is 1. The van der Waals surface area contributed by atoms with Gasteiger partial charge in [0.1, 0.15) is 30.5 Å². The van der Waals surface area contributed by atoms with E-state index in [1.165, 1.54) is 4.90 Å². The summed E-state index contributed by atoms with van der Waals surface area (Å²) in [7, 11) is 0. The average molecular weight is 416 g/mol. The van der Waals surface area contributed by atoms with Gasteiger partial charge in [-0.05, 0) is 30.3 Å². The molecule has 29 heavy (non-hydrogen) atoms. The van der Waals surface area contributed by atoms with Gasteiger partial charge < -0.3 is 23.4 Å². The first-order chi connectivity index (χ1) is 14.1. The maximum Gasteiger partial charge on any atom is 0.291 e. The lowest BCUT2D eigenvalue weighted by molar-refractivity contribution is -0.907. The second-order valence-corrected chi connectivity index (χ2v) is 7.78. The molecule has 0 aliphatic carbocycles. The number of hydrogen-bond acceptors (Lipinski definition) is 5. The van der Waals surface area contributed by atoms with E-state index in [2.05, 4.69) is 0 Å². The molecule has 1 aromatic carbocycles. The number of fused-ring (bicyclic) bond motifs is 2. The molecule has 2 aliphatic heterocycles. The van der Waals surface area contributed by atoms with Crippen molar-refractivity contribution in [3.8, 4) is 0 Å². The van der Waals surface area contributed by atoms with Crippen molar-refractivity contribution in [2.45, 2.75) is 6.04 Å². The number of carbonyl (C=O) groups is 1. The smallest absolute Gasteiger partial charge is 0.291 e. The third-order valence-electron chi connectivity index (χ3n) is 5.65. The van der Waals surface area contributed by atoms with E-state index in [9.17, 15) is 9.59 Å². The molecule has 0 unspecified atom stereocenters. The maximum absolute atomic E-state index is 13.3. The topological polar surface area (TPSA) is 77.3 Å². The van der Waals surface area contributed by atoms with Crippen LogP contribution in [0.3, 0.4) is 0 Å². The molecule has 0 radical (unpaired) electrons. The summed E-state index contributed by atoms with van der Waals surface area (Å²) in [6.07, 6.45) is 1.54. The first kappa shape index (κ1) is 18.4. The number of hydrogen-bond donors (Lipinski definition) is 1. The molecule has 7 nitrogen and oxygen atoms in total. The molecule has 150 valence electrons. The summed E-state index contributed by atoms with van der Waals surface area (Å²) < 4.78 is 16.9. The first-order valence-electron chi connectivity index (χ1n) is 9.65. The lowest BCUT2D eigenvalue weighted by atomic mass is 10.0. The Labute approximate surface area is 171 Å². The zero-order valence-corrected chi connectivity index (χ0v) is 16.4. The van der Waals surface area contributed by atoms with Crippen LogP contribution in [-0.2, 0) is 4.74 Å². The molecular formula is C21H20ClN2O5+. The molecule has 1 amide bonds. The summed E-state index contributed by atoms with van der Waals surface area (Å²) in [5.74, 6) is 0.342. The number of ether oxygens (including phenoxy) is 1. The largest absolute Gasteiger partial charge is 0.467 e. The monoisotopic (exact) mass is 415 g/mol. The van der Waals surface area contributed by atoms with E-state index in [-0.39, 0.29) is 17.1 Å². The van der Waals surface area contributed by atoms with Crippen LogP contribution in [0.4, 0.5) is 0 Å². The average Bonchev–Trinajstić information content (AvgIpc) is 3.35. The van der Waals surface area contributed by atoms with Gasteiger partial charge in [0.2, 0.25) is 5.76 Å². The fourth-order valence-electron chi connectivity index (χ4n) is 4.15. The van der Waals surface area contributed by atoms with Crippen LogP contribution in [0.1, 0.15) is 27.9 Å². The molecule has 1 saturated heterocycles. The Balaban J connectivity index is 1.58. The number of carbonyl (C=O) groups excluding carboxylic acids is 1. The first-order valence-corrected chi connectivity index (χ1v) is 10.0. The van der Waals surface area contributed by atoms with Crippen LogP contribution in [0.5, 0.6) is 0 Å². The van der Waals surface area contributed by atoms with Crippen LogP contribution in [0.15, 0.2) is 50.2 Å².